The number of carboxylic acids is 1. The van der Waals surface area contributed by atoms with Gasteiger partial charge in [-0.2, -0.15) is 0 Å². The Bertz CT molecular complexity index is 571. The van der Waals surface area contributed by atoms with Gasteiger partial charge in [-0.05, 0) is 30.2 Å². The predicted molar refractivity (Wildman–Crippen MR) is 83.5 cm³/mol. The molecule has 1 saturated carbocycles. The van der Waals surface area contributed by atoms with E-state index in [0.717, 1.165) is 18.4 Å². The van der Waals surface area contributed by atoms with Gasteiger partial charge < -0.3 is 10.0 Å². The lowest BCUT2D eigenvalue weighted by Gasteiger charge is -2.24. The van der Waals surface area contributed by atoms with Crippen LogP contribution in [0.25, 0.3) is 0 Å². The third-order valence-electron chi connectivity index (χ3n) is 5.50. The Morgan fingerprint density at radius 3 is 2.73 bits per heavy atom. The van der Waals surface area contributed by atoms with E-state index < -0.39 is 11.4 Å². The molecule has 1 aliphatic heterocycles. The fraction of sp³-hybridized carbons (Fsp3) is 0.556. The highest BCUT2D eigenvalue weighted by Gasteiger charge is 2.55. The van der Waals surface area contributed by atoms with Crippen LogP contribution in [0.1, 0.15) is 44.1 Å². The van der Waals surface area contributed by atoms with E-state index in [9.17, 15) is 14.7 Å². The Labute approximate surface area is 131 Å². The predicted octanol–water partition coefficient (Wildman–Crippen LogP) is 2.89. The number of benzene rings is 1. The number of aliphatic carboxylic acids is 1. The fourth-order valence-electron chi connectivity index (χ4n) is 4.12. The molecule has 2 fully saturated rings. The average Bonchev–Trinajstić information content (AvgIpc) is 3.06. The second kappa shape index (κ2) is 5.75. The number of rotatable bonds is 4. The first-order valence-corrected chi connectivity index (χ1v) is 8.09. The van der Waals surface area contributed by atoms with Crippen LogP contribution in [0.5, 0.6) is 0 Å². The lowest BCUT2D eigenvalue weighted by Crippen LogP contribution is -2.37. The van der Waals surface area contributed by atoms with Crippen LogP contribution >= 0.6 is 0 Å². The zero-order valence-corrected chi connectivity index (χ0v) is 13.0. The molecule has 0 bridgehead atoms. The van der Waals surface area contributed by atoms with Crippen molar-refractivity contribution in [2.24, 2.45) is 11.3 Å². The summed E-state index contributed by atoms with van der Waals surface area (Å²) < 4.78 is 0. The minimum absolute atomic E-state index is 0.0892. The average molecular weight is 301 g/mol. The van der Waals surface area contributed by atoms with Crippen LogP contribution in [0.3, 0.4) is 0 Å². The summed E-state index contributed by atoms with van der Waals surface area (Å²) in [6.45, 7) is 3.07. The normalized spacial score (nSPS) is 28.4. The summed E-state index contributed by atoms with van der Waals surface area (Å²) in [5.41, 5.74) is 0.481. The molecule has 3 atom stereocenters. The van der Waals surface area contributed by atoms with E-state index in [2.05, 4.69) is 6.92 Å². The van der Waals surface area contributed by atoms with Gasteiger partial charge in [-0.15, -0.1) is 0 Å². The molecule has 118 valence electrons. The molecule has 1 aromatic rings. The van der Waals surface area contributed by atoms with Crippen molar-refractivity contribution >= 4 is 11.9 Å². The number of carbonyl (C=O) groups is 2. The number of likely N-dealkylation sites (tertiary alicyclic amines) is 1. The summed E-state index contributed by atoms with van der Waals surface area (Å²) in [4.78, 5) is 26.0. The van der Waals surface area contributed by atoms with Gasteiger partial charge in [-0.25, -0.2) is 0 Å². The van der Waals surface area contributed by atoms with Gasteiger partial charge in [0, 0.05) is 19.5 Å². The second-order valence-corrected chi connectivity index (χ2v) is 6.84. The lowest BCUT2D eigenvalue weighted by atomic mass is 9.81. The monoisotopic (exact) mass is 301 g/mol. The van der Waals surface area contributed by atoms with Gasteiger partial charge in [-0.3, -0.25) is 9.59 Å². The molecule has 0 aromatic heterocycles. The maximum Gasteiger partial charge on any atom is 0.311 e. The Morgan fingerprint density at radius 1 is 1.36 bits per heavy atom. The van der Waals surface area contributed by atoms with Crippen LogP contribution in [-0.2, 0) is 9.59 Å². The Balaban J connectivity index is 1.66. The number of nitrogens with zero attached hydrogens (tertiary/aromatic N) is 1. The van der Waals surface area contributed by atoms with Gasteiger partial charge in [0.15, 0.2) is 0 Å². The summed E-state index contributed by atoms with van der Waals surface area (Å²) in [6, 6.07) is 10.0. The van der Waals surface area contributed by atoms with E-state index in [1.165, 1.54) is 0 Å². The molecule has 1 amide bonds. The van der Waals surface area contributed by atoms with Crippen LogP contribution in [0.2, 0.25) is 0 Å². The molecule has 1 N–H and O–H groups in total. The smallest absolute Gasteiger partial charge is 0.311 e. The van der Waals surface area contributed by atoms with E-state index in [1.807, 2.05) is 30.3 Å². The van der Waals surface area contributed by atoms with Crippen molar-refractivity contribution in [1.29, 1.82) is 0 Å². The summed E-state index contributed by atoms with van der Waals surface area (Å²) in [7, 11) is 0. The van der Waals surface area contributed by atoms with Gasteiger partial charge in [-0.1, -0.05) is 43.7 Å². The largest absolute Gasteiger partial charge is 0.481 e. The van der Waals surface area contributed by atoms with E-state index in [0.29, 0.717) is 25.9 Å². The topological polar surface area (TPSA) is 57.6 Å². The highest BCUT2D eigenvalue weighted by molar-refractivity contribution is 5.81. The molecule has 1 aliphatic carbocycles. The SMILES string of the molecule is CC(CC(=O)N1C[C@@H]2CCC[C@@]2(C(=O)O)C1)c1ccccc1. The van der Waals surface area contributed by atoms with Gasteiger partial charge in [0.1, 0.15) is 0 Å². The molecule has 0 spiro atoms. The van der Waals surface area contributed by atoms with Crippen molar-refractivity contribution in [2.75, 3.05) is 13.1 Å². The fourth-order valence-corrected chi connectivity index (χ4v) is 4.12. The van der Waals surface area contributed by atoms with Crippen molar-refractivity contribution < 1.29 is 14.7 Å². The second-order valence-electron chi connectivity index (χ2n) is 6.84. The van der Waals surface area contributed by atoms with Crippen molar-refractivity contribution in [3.05, 3.63) is 35.9 Å². The van der Waals surface area contributed by atoms with E-state index in [4.69, 9.17) is 0 Å². The van der Waals surface area contributed by atoms with Crippen LogP contribution in [-0.4, -0.2) is 35.0 Å². The standard InChI is InChI=1S/C18H23NO3/c1-13(14-6-3-2-4-7-14)10-16(20)19-11-15-8-5-9-18(15,12-19)17(21)22/h2-4,6-7,13,15H,5,8-12H2,1H3,(H,21,22)/t13?,15-,18+/m0/s1. The zero-order valence-electron chi connectivity index (χ0n) is 13.0. The molecular formula is C18H23NO3. The first-order valence-electron chi connectivity index (χ1n) is 8.09. The zero-order chi connectivity index (χ0) is 15.7. The number of carbonyl (C=O) groups excluding carboxylic acids is 1. The highest BCUT2D eigenvalue weighted by Crippen LogP contribution is 2.49. The number of hydrogen-bond donors (Lipinski definition) is 1. The summed E-state index contributed by atoms with van der Waals surface area (Å²) in [5, 5.41) is 9.60. The molecule has 1 aromatic carbocycles. The van der Waals surface area contributed by atoms with Gasteiger partial charge in [0.25, 0.3) is 0 Å². The molecule has 1 heterocycles. The van der Waals surface area contributed by atoms with E-state index >= 15 is 0 Å². The van der Waals surface area contributed by atoms with E-state index in [-0.39, 0.29) is 17.7 Å². The molecule has 1 saturated heterocycles. The van der Waals surface area contributed by atoms with Crippen LogP contribution in [0, 0.1) is 11.3 Å². The maximum atomic E-state index is 12.6. The third kappa shape index (κ3) is 2.51. The summed E-state index contributed by atoms with van der Waals surface area (Å²) >= 11 is 0. The van der Waals surface area contributed by atoms with Crippen LogP contribution in [0.4, 0.5) is 0 Å². The molecule has 4 heteroatoms. The number of fused-ring (bicyclic) bond motifs is 1. The third-order valence-corrected chi connectivity index (χ3v) is 5.50. The quantitative estimate of drug-likeness (QED) is 0.930. The minimum atomic E-state index is -0.721. The van der Waals surface area contributed by atoms with Gasteiger partial charge in [0.05, 0.1) is 5.41 Å². The van der Waals surface area contributed by atoms with E-state index in [1.54, 1.807) is 4.90 Å². The van der Waals surface area contributed by atoms with Crippen molar-refractivity contribution in [2.45, 2.75) is 38.5 Å². The van der Waals surface area contributed by atoms with Gasteiger partial charge >= 0.3 is 5.97 Å². The number of amides is 1. The molecule has 2 aliphatic rings. The molecule has 4 nitrogen and oxygen atoms in total. The Hall–Kier alpha value is -1.84. The first-order chi connectivity index (χ1) is 10.5. The Kier molecular flexibility index (Phi) is 3.94. The summed E-state index contributed by atoms with van der Waals surface area (Å²) in [5.74, 6) is -0.330. The van der Waals surface area contributed by atoms with Crippen molar-refractivity contribution in [3.63, 3.8) is 0 Å². The van der Waals surface area contributed by atoms with Crippen LogP contribution < -0.4 is 0 Å². The molecular weight excluding hydrogens is 278 g/mol. The highest BCUT2D eigenvalue weighted by atomic mass is 16.4. The molecule has 0 radical (unpaired) electrons. The number of carboxylic acid groups (broad SMARTS) is 1. The molecule has 22 heavy (non-hydrogen) atoms. The first kappa shape index (κ1) is 15.1. The lowest BCUT2D eigenvalue weighted by molar-refractivity contribution is -0.149. The summed E-state index contributed by atoms with van der Waals surface area (Å²) in [6.07, 6.45) is 3.07. The minimum Gasteiger partial charge on any atom is -0.481 e. The molecule has 3 rings (SSSR count). The van der Waals surface area contributed by atoms with Gasteiger partial charge in [0.2, 0.25) is 5.91 Å². The van der Waals surface area contributed by atoms with Crippen LogP contribution in [0.15, 0.2) is 30.3 Å². The van der Waals surface area contributed by atoms with Crippen molar-refractivity contribution in [3.8, 4) is 0 Å². The number of hydrogen-bond acceptors (Lipinski definition) is 2. The molecule has 1 unspecified atom stereocenters. The maximum absolute atomic E-state index is 12.6. The van der Waals surface area contributed by atoms with Crippen molar-refractivity contribution in [1.82, 2.24) is 4.90 Å². The Morgan fingerprint density at radius 2 is 2.09 bits per heavy atom.